The number of aryl methyl sites for hydroxylation is 2. The summed E-state index contributed by atoms with van der Waals surface area (Å²) in [6, 6.07) is 15.7. The van der Waals surface area contributed by atoms with Crippen LogP contribution in [0.2, 0.25) is 0 Å². The van der Waals surface area contributed by atoms with Gasteiger partial charge in [0.1, 0.15) is 0 Å². The third-order valence-corrected chi connectivity index (χ3v) is 5.26. The molecular formula is C18H20BrN. The maximum atomic E-state index is 3.75. The molecule has 0 spiro atoms. The molecule has 1 atom stereocenters. The van der Waals surface area contributed by atoms with Gasteiger partial charge < -0.3 is 5.32 Å². The Bertz CT molecular complexity index is 579. The summed E-state index contributed by atoms with van der Waals surface area (Å²) in [7, 11) is 0. The lowest BCUT2D eigenvalue weighted by Crippen LogP contribution is -2.13. The summed E-state index contributed by atoms with van der Waals surface area (Å²) in [5.41, 5.74) is 5.20. The van der Waals surface area contributed by atoms with Gasteiger partial charge in [-0.25, -0.2) is 0 Å². The van der Waals surface area contributed by atoms with Crippen molar-refractivity contribution in [1.82, 2.24) is 0 Å². The molecule has 2 aromatic carbocycles. The number of rotatable bonds is 4. The largest absolute Gasteiger partial charge is 0.378 e. The van der Waals surface area contributed by atoms with Crippen molar-refractivity contribution in [2.45, 2.75) is 32.7 Å². The Hall–Kier alpha value is -1.28. The van der Waals surface area contributed by atoms with Crippen LogP contribution in [-0.2, 0) is 0 Å². The lowest BCUT2D eigenvalue weighted by atomic mass is 10.0. The molecule has 1 unspecified atom stereocenters. The lowest BCUT2D eigenvalue weighted by Gasteiger charge is -2.21. The summed E-state index contributed by atoms with van der Waals surface area (Å²) in [4.78, 5) is 0. The highest BCUT2D eigenvalue weighted by atomic mass is 79.9. The molecular weight excluding hydrogens is 310 g/mol. The molecule has 1 saturated carbocycles. The van der Waals surface area contributed by atoms with E-state index in [2.05, 4.69) is 77.6 Å². The van der Waals surface area contributed by atoms with Gasteiger partial charge in [0, 0.05) is 10.2 Å². The molecule has 0 bridgehead atoms. The minimum Gasteiger partial charge on any atom is -0.378 e. The molecule has 1 fully saturated rings. The van der Waals surface area contributed by atoms with Gasteiger partial charge in [-0.2, -0.15) is 0 Å². The Morgan fingerprint density at radius 1 is 1.05 bits per heavy atom. The minimum atomic E-state index is 0.441. The first kappa shape index (κ1) is 13.7. The van der Waals surface area contributed by atoms with E-state index in [1.807, 2.05) is 0 Å². The number of hydrogen-bond acceptors (Lipinski definition) is 1. The number of hydrogen-bond donors (Lipinski definition) is 1. The predicted octanol–water partition coefficient (Wildman–Crippen LogP) is 5.63. The average molecular weight is 330 g/mol. The van der Waals surface area contributed by atoms with Crippen molar-refractivity contribution in [3.05, 3.63) is 63.6 Å². The van der Waals surface area contributed by atoms with Gasteiger partial charge >= 0.3 is 0 Å². The summed E-state index contributed by atoms with van der Waals surface area (Å²) in [5, 5.41) is 3.75. The van der Waals surface area contributed by atoms with Crippen LogP contribution in [0.4, 0.5) is 5.69 Å². The van der Waals surface area contributed by atoms with E-state index in [0.717, 1.165) is 5.92 Å². The van der Waals surface area contributed by atoms with Crippen molar-refractivity contribution in [2.75, 3.05) is 5.32 Å². The van der Waals surface area contributed by atoms with Crippen LogP contribution in [0.3, 0.4) is 0 Å². The molecule has 0 amide bonds. The van der Waals surface area contributed by atoms with Crippen LogP contribution in [0.1, 0.15) is 35.6 Å². The monoisotopic (exact) mass is 329 g/mol. The van der Waals surface area contributed by atoms with E-state index in [4.69, 9.17) is 0 Å². The summed E-state index contributed by atoms with van der Waals surface area (Å²) < 4.78 is 1.21. The fourth-order valence-electron chi connectivity index (χ4n) is 2.77. The first-order chi connectivity index (χ1) is 9.65. The van der Waals surface area contributed by atoms with Crippen molar-refractivity contribution >= 4 is 21.6 Å². The Morgan fingerprint density at radius 2 is 1.65 bits per heavy atom. The highest BCUT2D eigenvalue weighted by Crippen LogP contribution is 2.43. The van der Waals surface area contributed by atoms with Crippen molar-refractivity contribution in [2.24, 2.45) is 5.92 Å². The smallest absolute Gasteiger partial charge is 0.0542 e. The van der Waals surface area contributed by atoms with E-state index in [-0.39, 0.29) is 0 Å². The molecule has 1 aliphatic rings. The maximum absolute atomic E-state index is 3.75. The molecule has 104 valence electrons. The van der Waals surface area contributed by atoms with Gasteiger partial charge in [0.15, 0.2) is 0 Å². The zero-order chi connectivity index (χ0) is 14.1. The second-order valence-corrected chi connectivity index (χ2v) is 6.59. The van der Waals surface area contributed by atoms with E-state index < -0.39 is 0 Å². The molecule has 1 aliphatic carbocycles. The predicted molar refractivity (Wildman–Crippen MR) is 89.1 cm³/mol. The zero-order valence-electron chi connectivity index (χ0n) is 12.0. The number of benzene rings is 2. The maximum Gasteiger partial charge on any atom is 0.0542 e. The average Bonchev–Trinajstić information content (AvgIpc) is 3.27. The van der Waals surface area contributed by atoms with Gasteiger partial charge in [-0.3, -0.25) is 0 Å². The Balaban J connectivity index is 1.88. The SMILES string of the molecule is Cc1cc(NC(c2ccccc2)C2CC2)cc(C)c1Br. The fourth-order valence-corrected chi connectivity index (χ4v) is 3.00. The van der Waals surface area contributed by atoms with Crippen LogP contribution in [0.5, 0.6) is 0 Å². The molecule has 20 heavy (non-hydrogen) atoms. The Kier molecular flexibility index (Phi) is 3.84. The quantitative estimate of drug-likeness (QED) is 0.766. The van der Waals surface area contributed by atoms with Crippen LogP contribution in [0.25, 0.3) is 0 Å². The second kappa shape index (κ2) is 5.61. The van der Waals surface area contributed by atoms with Crippen molar-refractivity contribution in [1.29, 1.82) is 0 Å². The highest BCUT2D eigenvalue weighted by molar-refractivity contribution is 9.10. The molecule has 0 aromatic heterocycles. The van der Waals surface area contributed by atoms with Gasteiger partial charge in [0.2, 0.25) is 0 Å². The Labute approximate surface area is 129 Å². The molecule has 2 aromatic rings. The molecule has 2 heteroatoms. The molecule has 3 rings (SSSR count). The molecule has 0 radical (unpaired) electrons. The van der Waals surface area contributed by atoms with Crippen molar-refractivity contribution in [3.63, 3.8) is 0 Å². The standard InChI is InChI=1S/C18H20BrN/c1-12-10-16(11-13(2)17(12)19)20-18(15-8-9-15)14-6-4-3-5-7-14/h3-7,10-11,15,18,20H,8-9H2,1-2H3. The molecule has 0 heterocycles. The van der Waals surface area contributed by atoms with Crippen LogP contribution >= 0.6 is 15.9 Å². The van der Waals surface area contributed by atoms with Gasteiger partial charge in [0.25, 0.3) is 0 Å². The highest BCUT2D eigenvalue weighted by Gasteiger charge is 2.32. The fraction of sp³-hybridized carbons (Fsp3) is 0.333. The minimum absolute atomic E-state index is 0.441. The van der Waals surface area contributed by atoms with Crippen molar-refractivity contribution in [3.8, 4) is 0 Å². The van der Waals surface area contributed by atoms with Crippen LogP contribution < -0.4 is 5.32 Å². The second-order valence-electron chi connectivity index (χ2n) is 5.79. The first-order valence-electron chi connectivity index (χ1n) is 7.23. The molecule has 1 N–H and O–H groups in total. The van der Waals surface area contributed by atoms with Gasteiger partial charge in [0.05, 0.1) is 6.04 Å². The molecule has 0 saturated heterocycles. The van der Waals surface area contributed by atoms with Gasteiger partial charge in [-0.15, -0.1) is 0 Å². The summed E-state index contributed by atoms with van der Waals surface area (Å²) >= 11 is 3.64. The van der Waals surface area contributed by atoms with E-state index in [9.17, 15) is 0 Å². The lowest BCUT2D eigenvalue weighted by molar-refractivity contribution is 0.679. The Morgan fingerprint density at radius 3 is 2.20 bits per heavy atom. The molecule has 0 aliphatic heterocycles. The van der Waals surface area contributed by atoms with E-state index in [1.54, 1.807) is 0 Å². The van der Waals surface area contributed by atoms with Crippen molar-refractivity contribution < 1.29 is 0 Å². The van der Waals surface area contributed by atoms with E-state index in [0.29, 0.717) is 6.04 Å². The van der Waals surface area contributed by atoms with Crippen LogP contribution in [-0.4, -0.2) is 0 Å². The zero-order valence-corrected chi connectivity index (χ0v) is 13.6. The first-order valence-corrected chi connectivity index (χ1v) is 8.02. The van der Waals surface area contributed by atoms with Gasteiger partial charge in [-0.05, 0) is 61.4 Å². The summed E-state index contributed by atoms with van der Waals surface area (Å²) in [6.45, 7) is 4.30. The van der Waals surface area contributed by atoms with E-state index in [1.165, 1.54) is 39.7 Å². The molecule has 1 nitrogen and oxygen atoms in total. The normalized spacial score (nSPS) is 15.9. The van der Waals surface area contributed by atoms with Crippen LogP contribution in [0.15, 0.2) is 46.9 Å². The van der Waals surface area contributed by atoms with E-state index >= 15 is 0 Å². The summed E-state index contributed by atoms with van der Waals surface area (Å²) in [5.74, 6) is 0.779. The number of anilines is 1. The third-order valence-electron chi connectivity index (χ3n) is 4.01. The summed E-state index contributed by atoms with van der Waals surface area (Å²) in [6.07, 6.45) is 2.67. The number of nitrogens with one attached hydrogen (secondary N) is 1. The van der Waals surface area contributed by atoms with Gasteiger partial charge in [-0.1, -0.05) is 46.3 Å². The number of halogens is 1. The van der Waals surface area contributed by atoms with Crippen LogP contribution in [0, 0.1) is 19.8 Å². The topological polar surface area (TPSA) is 12.0 Å². The third kappa shape index (κ3) is 2.90.